The smallest absolute Gasteiger partial charge is 0.0713 e. The summed E-state index contributed by atoms with van der Waals surface area (Å²) in [7, 11) is 0. The molecule has 0 fully saturated rings. The first-order valence-electron chi connectivity index (χ1n) is 16.6. The number of fused-ring (bicyclic) bond motifs is 4. The monoisotopic (exact) mass is 606 g/mol. The van der Waals surface area contributed by atoms with Crippen molar-refractivity contribution in [2.75, 3.05) is 0 Å². The maximum absolute atomic E-state index is 2.42. The highest BCUT2D eigenvalue weighted by molar-refractivity contribution is 5.89. The second-order valence-electron chi connectivity index (χ2n) is 11.7. The maximum Gasteiger partial charge on any atom is 0.0713 e. The van der Waals surface area contributed by atoms with Crippen LogP contribution in [-0.2, 0) is 5.41 Å². The number of rotatable bonds is 2. The zero-order valence-electron chi connectivity index (χ0n) is 29.0. The van der Waals surface area contributed by atoms with E-state index in [4.69, 9.17) is 0 Å². The van der Waals surface area contributed by atoms with Crippen LogP contribution in [0.1, 0.15) is 90.8 Å². The van der Waals surface area contributed by atoms with Crippen molar-refractivity contribution in [3.8, 4) is 11.1 Å². The molecule has 0 bridgehead atoms. The first-order valence-corrected chi connectivity index (χ1v) is 16.6. The van der Waals surface area contributed by atoms with Crippen LogP contribution in [-0.4, -0.2) is 0 Å². The summed E-state index contributed by atoms with van der Waals surface area (Å²) in [6, 6.07) is 44.6. The molecule has 0 N–H and O–H groups in total. The zero-order chi connectivity index (χ0) is 32.7. The first kappa shape index (κ1) is 36.1. The molecule has 238 valence electrons. The maximum atomic E-state index is 2.42. The Morgan fingerprint density at radius 1 is 0.391 bits per heavy atom. The molecule has 0 amide bonds. The highest BCUT2D eigenvalue weighted by Crippen LogP contribution is 2.56. The Hall–Kier alpha value is -4.42. The van der Waals surface area contributed by atoms with E-state index in [0.29, 0.717) is 0 Å². The number of aryl methyl sites for hydroxylation is 6. The van der Waals surface area contributed by atoms with Crippen molar-refractivity contribution < 1.29 is 0 Å². The Kier molecular flexibility index (Phi) is 12.3. The van der Waals surface area contributed by atoms with Crippen LogP contribution in [0.5, 0.6) is 0 Å². The van der Waals surface area contributed by atoms with Crippen LogP contribution in [0, 0.1) is 41.5 Å². The average molecular weight is 607 g/mol. The quantitative estimate of drug-likeness (QED) is 0.184. The predicted octanol–water partition coefficient (Wildman–Crippen LogP) is 13.4. The van der Waals surface area contributed by atoms with Gasteiger partial charge in [-0.05, 0) is 114 Å². The van der Waals surface area contributed by atoms with Crippen LogP contribution in [0.3, 0.4) is 0 Å². The molecule has 0 aliphatic heterocycles. The minimum absolute atomic E-state index is 0. The summed E-state index contributed by atoms with van der Waals surface area (Å²) in [5.41, 5.74) is 16.0. The van der Waals surface area contributed by atoms with Crippen LogP contribution < -0.4 is 0 Å². The average Bonchev–Trinajstić information content (AvgIpc) is 3.35. The Morgan fingerprint density at radius 2 is 0.935 bits per heavy atom. The Labute approximate surface area is 280 Å². The van der Waals surface area contributed by atoms with Crippen molar-refractivity contribution in [2.24, 2.45) is 0 Å². The second kappa shape index (κ2) is 15.7. The fourth-order valence-electron chi connectivity index (χ4n) is 6.64. The highest BCUT2D eigenvalue weighted by atomic mass is 14.5. The zero-order valence-corrected chi connectivity index (χ0v) is 29.0. The normalized spacial score (nSPS) is 11.7. The molecule has 1 aliphatic rings. The molecule has 0 radical (unpaired) electrons. The summed E-state index contributed by atoms with van der Waals surface area (Å²) in [4.78, 5) is 0. The molecule has 7 rings (SSSR count). The minimum Gasteiger partial charge on any atom is -0.0776 e. The van der Waals surface area contributed by atoms with E-state index in [2.05, 4.69) is 163 Å². The van der Waals surface area contributed by atoms with E-state index in [1.54, 1.807) is 0 Å². The van der Waals surface area contributed by atoms with Gasteiger partial charge in [-0.2, -0.15) is 0 Å². The predicted molar refractivity (Wildman–Crippen MR) is 206 cm³/mol. The summed E-state index contributed by atoms with van der Waals surface area (Å²) in [5, 5.41) is 2.77. The van der Waals surface area contributed by atoms with Crippen molar-refractivity contribution in [2.45, 2.75) is 82.1 Å². The highest BCUT2D eigenvalue weighted by Gasteiger charge is 2.46. The van der Waals surface area contributed by atoms with E-state index in [0.717, 1.165) is 0 Å². The molecule has 0 heterocycles. The Balaban J connectivity index is 0.000000270. The van der Waals surface area contributed by atoms with Gasteiger partial charge >= 0.3 is 0 Å². The molecular formula is C46H54. The lowest BCUT2D eigenvalue weighted by molar-refractivity contribution is 0.766. The lowest BCUT2D eigenvalue weighted by atomic mass is 9.67. The number of benzene rings is 6. The summed E-state index contributed by atoms with van der Waals surface area (Å²) in [6.07, 6.45) is 0. The SMILES string of the molecule is C.CC.CC.Cc1ccc2c(C)cccc2c1C.Cc1ccc2c(c1)C(c1ccccc1)(c1ccccc1)c1cc(C)c(C)cc1-2. The van der Waals surface area contributed by atoms with E-state index in [9.17, 15) is 0 Å². The van der Waals surface area contributed by atoms with Gasteiger partial charge in [0.1, 0.15) is 0 Å². The summed E-state index contributed by atoms with van der Waals surface area (Å²) in [5.74, 6) is 0. The van der Waals surface area contributed by atoms with Gasteiger partial charge in [0, 0.05) is 0 Å². The minimum atomic E-state index is -0.280. The topological polar surface area (TPSA) is 0 Å². The third-order valence-electron chi connectivity index (χ3n) is 9.14. The van der Waals surface area contributed by atoms with Gasteiger partial charge in [0.05, 0.1) is 5.41 Å². The molecule has 0 saturated carbocycles. The van der Waals surface area contributed by atoms with Crippen molar-refractivity contribution in [3.63, 3.8) is 0 Å². The second-order valence-corrected chi connectivity index (χ2v) is 11.7. The van der Waals surface area contributed by atoms with E-state index in [1.807, 2.05) is 27.7 Å². The first-order chi connectivity index (χ1) is 21.8. The van der Waals surface area contributed by atoms with E-state index in [-0.39, 0.29) is 12.8 Å². The summed E-state index contributed by atoms with van der Waals surface area (Å²) >= 11 is 0. The van der Waals surface area contributed by atoms with Crippen molar-refractivity contribution in [1.82, 2.24) is 0 Å². The van der Waals surface area contributed by atoms with Crippen molar-refractivity contribution >= 4 is 10.8 Å². The van der Waals surface area contributed by atoms with Crippen LogP contribution in [0.2, 0.25) is 0 Å². The molecule has 1 aliphatic carbocycles. The molecule has 0 nitrogen and oxygen atoms in total. The lowest BCUT2D eigenvalue weighted by Gasteiger charge is -2.34. The number of hydrogen-bond acceptors (Lipinski definition) is 0. The molecule has 0 heteroatoms. The molecule has 46 heavy (non-hydrogen) atoms. The molecule has 6 aromatic carbocycles. The molecule has 0 atom stereocenters. The van der Waals surface area contributed by atoms with Gasteiger partial charge in [-0.25, -0.2) is 0 Å². The molecule has 0 spiro atoms. The van der Waals surface area contributed by atoms with E-state index < -0.39 is 0 Å². The fourth-order valence-corrected chi connectivity index (χ4v) is 6.64. The van der Waals surface area contributed by atoms with Gasteiger partial charge in [0.25, 0.3) is 0 Å². The van der Waals surface area contributed by atoms with Crippen LogP contribution in [0.4, 0.5) is 0 Å². The summed E-state index contributed by atoms with van der Waals surface area (Å²) in [6.45, 7) is 21.2. The van der Waals surface area contributed by atoms with Gasteiger partial charge in [-0.15, -0.1) is 0 Å². The largest absolute Gasteiger partial charge is 0.0776 e. The van der Waals surface area contributed by atoms with Crippen LogP contribution in [0.25, 0.3) is 21.9 Å². The molecular weight excluding hydrogens is 553 g/mol. The molecule has 6 aromatic rings. The van der Waals surface area contributed by atoms with Crippen LogP contribution in [0.15, 0.2) is 121 Å². The Bertz CT molecular complexity index is 1830. The van der Waals surface area contributed by atoms with E-state index in [1.165, 1.54) is 77.5 Å². The van der Waals surface area contributed by atoms with Gasteiger partial charge in [-0.3, -0.25) is 0 Å². The number of hydrogen-bond donors (Lipinski definition) is 0. The molecule has 0 aromatic heterocycles. The standard InChI is InChI=1S/C28H24.C13H14.2C2H6.CH4/c1-19-14-15-24-25-17-20(2)21(3)18-27(25)28(26(24)16-19,22-10-6-4-7-11-22)23-12-8-5-9-13-23;1-9-7-8-12-10(2)5-4-6-13(12)11(9)3;2*1-2;/h4-18H,1-3H3;4-8H,1-3H3;2*1-2H3;1H4. The lowest BCUT2D eigenvalue weighted by Crippen LogP contribution is -2.28. The Morgan fingerprint density at radius 3 is 1.52 bits per heavy atom. The third-order valence-corrected chi connectivity index (χ3v) is 9.14. The van der Waals surface area contributed by atoms with Gasteiger partial charge < -0.3 is 0 Å². The summed E-state index contributed by atoms with van der Waals surface area (Å²) < 4.78 is 0. The fraction of sp³-hybridized carbons (Fsp3) is 0.261. The van der Waals surface area contributed by atoms with Crippen LogP contribution >= 0.6 is 0 Å². The van der Waals surface area contributed by atoms with Crippen molar-refractivity contribution in [1.29, 1.82) is 0 Å². The van der Waals surface area contributed by atoms with E-state index >= 15 is 0 Å². The van der Waals surface area contributed by atoms with Crippen molar-refractivity contribution in [3.05, 3.63) is 177 Å². The van der Waals surface area contributed by atoms with Gasteiger partial charge in [0.15, 0.2) is 0 Å². The van der Waals surface area contributed by atoms with Gasteiger partial charge in [-0.1, -0.05) is 162 Å². The molecule has 0 unspecified atom stereocenters. The molecule has 0 saturated heterocycles. The third kappa shape index (κ3) is 6.45. The van der Waals surface area contributed by atoms with Gasteiger partial charge in [0.2, 0.25) is 0 Å².